The number of benzene rings is 1. The third-order valence-corrected chi connectivity index (χ3v) is 2.94. The predicted octanol–water partition coefficient (Wildman–Crippen LogP) is 1.58. The van der Waals surface area contributed by atoms with Crippen LogP contribution in [0, 0.1) is 0 Å². The molecule has 2 N–H and O–H groups in total. The minimum atomic E-state index is -0.644. The summed E-state index contributed by atoms with van der Waals surface area (Å²) in [6, 6.07) is 3.59. The van der Waals surface area contributed by atoms with Crippen molar-refractivity contribution in [1.82, 2.24) is 15.2 Å². The zero-order valence-corrected chi connectivity index (χ0v) is 10.2. The van der Waals surface area contributed by atoms with Crippen molar-refractivity contribution in [2.45, 2.75) is 6.92 Å². The Hall–Kier alpha value is -2.63. The van der Waals surface area contributed by atoms with E-state index in [1.807, 2.05) is 6.07 Å². The van der Waals surface area contributed by atoms with Crippen molar-refractivity contribution in [3.05, 3.63) is 40.3 Å². The lowest BCUT2D eigenvalue weighted by Gasteiger charge is -2.02. The lowest BCUT2D eigenvalue weighted by molar-refractivity contribution is 0.0524. The van der Waals surface area contributed by atoms with Gasteiger partial charge in [0.2, 0.25) is 5.43 Å². The van der Waals surface area contributed by atoms with Gasteiger partial charge >= 0.3 is 5.97 Å². The Morgan fingerprint density at radius 2 is 2.26 bits per heavy atom. The summed E-state index contributed by atoms with van der Waals surface area (Å²) in [5.74, 6) is -0.644. The lowest BCUT2D eigenvalue weighted by atomic mass is 10.1. The minimum absolute atomic E-state index is 0.0450. The topological polar surface area (TPSA) is 87.8 Å². The Balaban J connectivity index is 2.36. The van der Waals surface area contributed by atoms with E-state index in [1.165, 1.54) is 6.20 Å². The summed E-state index contributed by atoms with van der Waals surface area (Å²) in [7, 11) is 0. The number of pyridine rings is 1. The van der Waals surface area contributed by atoms with Crippen molar-refractivity contribution >= 4 is 27.8 Å². The summed E-state index contributed by atoms with van der Waals surface area (Å²) >= 11 is 0. The molecule has 0 radical (unpaired) electrons. The molecule has 1 aromatic carbocycles. The zero-order chi connectivity index (χ0) is 13.4. The zero-order valence-electron chi connectivity index (χ0n) is 10.2. The van der Waals surface area contributed by atoms with Crippen molar-refractivity contribution < 1.29 is 9.53 Å². The SMILES string of the molecule is CCOC(=O)c1cnc2ccc3c[nH][nH]c3c2c1=O. The van der Waals surface area contributed by atoms with Gasteiger partial charge in [-0.25, -0.2) is 4.79 Å². The molecular formula is C13H11N3O3. The van der Waals surface area contributed by atoms with E-state index in [4.69, 9.17) is 4.74 Å². The van der Waals surface area contributed by atoms with Gasteiger partial charge in [-0.05, 0) is 19.1 Å². The summed E-state index contributed by atoms with van der Waals surface area (Å²) in [6.07, 6.45) is 3.01. The molecule has 19 heavy (non-hydrogen) atoms. The molecule has 0 amide bonds. The Morgan fingerprint density at radius 1 is 1.42 bits per heavy atom. The number of esters is 1. The highest BCUT2D eigenvalue weighted by Crippen LogP contribution is 2.19. The average molecular weight is 257 g/mol. The van der Waals surface area contributed by atoms with Crippen molar-refractivity contribution in [3.8, 4) is 0 Å². The van der Waals surface area contributed by atoms with Crippen LogP contribution < -0.4 is 5.43 Å². The molecule has 0 aliphatic carbocycles. The number of rotatable bonds is 2. The van der Waals surface area contributed by atoms with Crippen LogP contribution in [0.1, 0.15) is 17.3 Å². The highest BCUT2D eigenvalue weighted by Gasteiger charge is 2.16. The van der Waals surface area contributed by atoms with Crippen LogP contribution in [0.5, 0.6) is 0 Å². The average Bonchev–Trinajstić information content (AvgIpc) is 2.87. The van der Waals surface area contributed by atoms with E-state index < -0.39 is 5.97 Å². The molecule has 2 heterocycles. The van der Waals surface area contributed by atoms with Gasteiger partial charge in [0.15, 0.2) is 0 Å². The fourth-order valence-corrected chi connectivity index (χ4v) is 2.07. The smallest absolute Gasteiger partial charge is 0.343 e. The normalized spacial score (nSPS) is 11.0. The molecule has 0 bridgehead atoms. The fourth-order valence-electron chi connectivity index (χ4n) is 2.07. The first-order valence-electron chi connectivity index (χ1n) is 5.87. The Kier molecular flexibility index (Phi) is 2.56. The molecule has 0 aliphatic rings. The van der Waals surface area contributed by atoms with E-state index in [2.05, 4.69) is 15.2 Å². The molecule has 3 rings (SSSR count). The van der Waals surface area contributed by atoms with Gasteiger partial charge in [-0.3, -0.25) is 14.9 Å². The molecule has 0 atom stereocenters. The van der Waals surface area contributed by atoms with E-state index in [1.54, 1.807) is 19.2 Å². The summed E-state index contributed by atoms with van der Waals surface area (Å²) in [5, 5.41) is 6.95. The van der Waals surface area contributed by atoms with Crippen LogP contribution in [0.3, 0.4) is 0 Å². The van der Waals surface area contributed by atoms with E-state index in [-0.39, 0.29) is 17.6 Å². The molecule has 2 aromatic heterocycles. The number of hydrogen-bond donors (Lipinski definition) is 2. The molecule has 96 valence electrons. The Bertz CT molecular complexity index is 832. The number of fused-ring (bicyclic) bond motifs is 3. The first-order valence-corrected chi connectivity index (χ1v) is 5.87. The van der Waals surface area contributed by atoms with Crippen molar-refractivity contribution in [3.63, 3.8) is 0 Å². The number of carbonyl (C=O) groups excluding carboxylic acids is 1. The van der Waals surface area contributed by atoms with Crippen LogP contribution in [0.15, 0.2) is 29.3 Å². The molecule has 0 saturated heterocycles. The molecular weight excluding hydrogens is 246 g/mol. The second kappa shape index (κ2) is 4.24. The monoisotopic (exact) mass is 257 g/mol. The largest absolute Gasteiger partial charge is 0.462 e. The van der Waals surface area contributed by atoms with Crippen LogP contribution in [0.25, 0.3) is 21.8 Å². The third kappa shape index (κ3) is 1.69. The van der Waals surface area contributed by atoms with Gasteiger partial charge in [0, 0.05) is 17.8 Å². The van der Waals surface area contributed by atoms with Crippen molar-refractivity contribution in [1.29, 1.82) is 0 Å². The molecule has 6 heteroatoms. The Morgan fingerprint density at radius 3 is 3.05 bits per heavy atom. The maximum Gasteiger partial charge on any atom is 0.343 e. The summed E-state index contributed by atoms with van der Waals surface area (Å²) in [4.78, 5) is 28.2. The van der Waals surface area contributed by atoms with Gasteiger partial charge in [-0.1, -0.05) is 0 Å². The molecule has 0 unspecified atom stereocenters. The van der Waals surface area contributed by atoms with Gasteiger partial charge in [-0.2, -0.15) is 0 Å². The molecule has 0 fully saturated rings. The first kappa shape index (κ1) is 11.5. The van der Waals surface area contributed by atoms with Crippen LogP contribution in [-0.2, 0) is 4.74 Å². The lowest BCUT2D eigenvalue weighted by Crippen LogP contribution is -2.18. The molecule has 0 aliphatic heterocycles. The second-order valence-corrected chi connectivity index (χ2v) is 4.06. The summed E-state index contributed by atoms with van der Waals surface area (Å²) in [6.45, 7) is 1.91. The number of ether oxygens (including phenoxy) is 1. The quantitative estimate of drug-likeness (QED) is 0.682. The minimum Gasteiger partial charge on any atom is -0.462 e. The van der Waals surface area contributed by atoms with Gasteiger partial charge in [0.05, 0.1) is 23.0 Å². The number of nitrogens with one attached hydrogen (secondary N) is 2. The number of carbonyl (C=O) groups is 1. The van der Waals surface area contributed by atoms with Gasteiger partial charge in [-0.15, -0.1) is 0 Å². The maximum absolute atomic E-state index is 12.4. The number of aromatic amines is 2. The number of aromatic nitrogens is 3. The standard InChI is InChI=1S/C13H11N3O3/c1-2-19-13(18)8-6-14-9-4-3-7-5-15-16-11(7)10(9)12(8)17/h3-6,15-16H,2H2,1H3. The van der Waals surface area contributed by atoms with E-state index in [9.17, 15) is 9.59 Å². The number of H-pyrrole nitrogens is 2. The Labute approximate surface area is 107 Å². The number of hydrogen-bond acceptors (Lipinski definition) is 4. The third-order valence-electron chi connectivity index (χ3n) is 2.94. The predicted molar refractivity (Wildman–Crippen MR) is 70.2 cm³/mol. The molecule has 0 saturated carbocycles. The van der Waals surface area contributed by atoms with Crippen molar-refractivity contribution in [2.24, 2.45) is 0 Å². The van der Waals surface area contributed by atoms with E-state index in [0.717, 1.165) is 5.39 Å². The molecule has 3 aromatic rings. The molecule has 0 spiro atoms. The van der Waals surface area contributed by atoms with Crippen LogP contribution >= 0.6 is 0 Å². The van der Waals surface area contributed by atoms with Gasteiger partial charge in [0.25, 0.3) is 0 Å². The highest BCUT2D eigenvalue weighted by molar-refractivity contribution is 6.05. The van der Waals surface area contributed by atoms with Crippen molar-refractivity contribution in [2.75, 3.05) is 6.61 Å². The summed E-state index contributed by atoms with van der Waals surface area (Å²) < 4.78 is 4.85. The maximum atomic E-state index is 12.4. The number of nitrogens with zero attached hydrogens (tertiary/aromatic N) is 1. The van der Waals surface area contributed by atoms with Gasteiger partial charge in [0.1, 0.15) is 5.56 Å². The highest BCUT2D eigenvalue weighted by atomic mass is 16.5. The van der Waals surface area contributed by atoms with E-state index in [0.29, 0.717) is 16.4 Å². The fraction of sp³-hybridized carbons (Fsp3) is 0.154. The van der Waals surface area contributed by atoms with Crippen LogP contribution in [-0.4, -0.2) is 27.8 Å². The summed E-state index contributed by atoms with van der Waals surface area (Å²) in [5.41, 5.74) is 0.767. The van der Waals surface area contributed by atoms with Crippen LogP contribution in [0.2, 0.25) is 0 Å². The first-order chi connectivity index (χ1) is 9.22. The van der Waals surface area contributed by atoms with E-state index >= 15 is 0 Å². The second-order valence-electron chi connectivity index (χ2n) is 4.06. The van der Waals surface area contributed by atoms with Gasteiger partial charge < -0.3 is 9.84 Å². The molecule has 6 nitrogen and oxygen atoms in total. The van der Waals surface area contributed by atoms with Crippen LogP contribution in [0.4, 0.5) is 0 Å².